The minimum absolute atomic E-state index is 0.247. The fraction of sp³-hybridized carbons (Fsp3) is 0.250. The van der Waals surface area contributed by atoms with Crippen LogP contribution in [0.5, 0.6) is 0 Å². The normalized spacial score (nSPS) is 11.6. The highest BCUT2D eigenvalue weighted by Crippen LogP contribution is 2.12. The smallest absolute Gasteiger partial charge is 0.280 e. The van der Waals surface area contributed by atoms with E-state index in [1.54, 1.807) is 15.4 Å². The monoisotopic (exact) mass is 236 g/mol. The molecule has 0 aliphatic heterocycles. The second-order valence-corrected chi connectivity index (χ2v) is 4.09. The van der Waals surface area contributed by atoms with Gasteiger partial charge in [0.05, 0.1) is 6.33 Å². The molecule has 0 fully saturated rings. The van der Waals surface area contributed by atoms with Crippen molar-refractivity contribution in [3.63, 3.8) is 0 Å². The molecule has 0 spiro atoms. The van der Waals surface area contributed by atoms with Gasteiger partial charge >= 0.3 is 0 Å². The molecular formula is C8H8N6OS. The summed E-state index contributed by atoms with van der Waals surface area (Å²) in [6.45, 7) is 0. The summed E-state index contributed by atoms with van der Waals surface area (Å²) in [5.74, 6) is 0.436. The largest absolute Gasteiger partial charge is 0.318 e. The van der Waals surface area contributed by atoms with Crippen molar-refractivity contribution in [2.75, 3.05) is 6.26 Å². The molecule has 16 heavy (non-hydrogen) atoms. The maximum absolute atomic E-state index is 11.7. The molecule has 3 rings (SSSR count). The summed E-state index contributed by atoms with van der Waals surface area (Å²) in [5.41, 5.74) is 0.766. The molecule has 0 atom stereocenters. The van der Waals surface area contributed by atoms with Gasteiger partial charge < -0.3 is 4.57 Å². The third-order valence-electron chi connectivity index (χ3n) is 2.32. The first-order valence-corrected chi connectivity index (χ1v) is 5.77. The van der Waals surface area contributed by atoms with E-state index in [2.05, 4.69) is 20.1 Å². The molecule has 8 heteroatoms. The van der Waals surface area contributed by atoms with Crippen LogP contribution in [0.15, 0.2) is 16.3 Å². The number of imidazole rings is 1. The first-order valence-electron chi connectivity index (χ1n) is 4.55. The number of thioether (sulfide) groups is 1. The number of aromatic amines is 1. The quantitative estimate of drug-likeness (QED) is 0.603. The van der Waals surface area contributed by atoms with E-state index in [0.29, 0.717) is 22.1 Å². The Labute approximate surface area is 93.5 Å². The van der Waals surface area contributed by atoms with E-state index >= 15 is 0 Å². The summed E-state index contributed by atoms with van der Waals surface area (Å²) in [6, 6.07) is 0. The lowest BCUT2D eigenvalue weighted by molar-refractivity contribution is 0.847. The Bertz CT molecular complexity index is 738. The van der Waals surface area contributed by atoms with E-state index in [-0.39, 0.29) is 5.56 Å². The van der Waals surface area contributed by atoms with Crippen molar-refractivity contribution in [3.05, 3.63) is 16.7 Å². The fourth-order valence-electron chi connectivity index (χ4n) is 1.60. The number of H-pyrrole nitrogens is 1. The SMILES string of the molecule is CSc1nc2[nH]c(=O)c3ncn(C)c3n2n1. The lowest BCUT2D eigenvalue weighted by atomic mass is 10.5. The van der Waals surface area contributed by atoms with Crippen molar-refractivity contribution >= 4 is 28.7 Å². The van der Waals surface area contributed by atoms with Gasteiger partial charge in [-0.2, -0.15) is 9.50 Å². The standard InChI is InChI=1S/C8H8N6OS/c1-13-3-9-4-5(15)10-7-11-8(16-2)12-14(7)6(4)13/h3H,1-2H3,(H,10,11,12,15). The summed E-state index contributed by atoms with van der Waals surface area (Å²) in [7, 11) is 1.81. The average Bonchev–Trinajstić information content (AvgIpc) is 2.82. The fourth-order valence-corrected chi connectivity index (χ4v) is 1.94. The lowest BCUT2D eigenvalue weighted by Gasteiger charge is -1.96. The molecule has 0 radical (unpaired) electrons. The van der Waals surface area contributed by atoms with E-state index in [1.165, 1.54) is 11.8 Å². The summed E-state index contributed by atoms with van der Waals surface area (Å²) in [4.78, 5) is 22.5. The third-order valence-corrected chi connectivity index (χ3v) is 2.86. The molecule has 0 aliphatic carbocycles. The number of hydrogen-bond donors (Lipinski definition) is 1. The van der Waals surface area contributed by atoms with Gasteiger partial charge in [-0.3, -0.25) is 9.78 Å². The Kier molecular flexibility index (Phi) is 1.81. The maximum atomic E-state index is 11.7. The van der Waals surface area contributed by atoms with E-state index in [4.69, 9.17) is 0 Å². The molecule has 0 amide bonds. The van der Waals surface area contributed by atoms with Crippen LogP contribution in [0.25, 0.3) is 16.9 Å². The molecule has 7 nitrogen and oxygen atoms in total. The van der Waals surface area contributed by atoms with E-state index < -0.39 is 0 Å². The van der Waals surface area contributed by atoms with Crippen molar-refractivity contribution in [3.8, 4) is 0 Å². The van der Waals surface area contributed by atoms with Gasteiger partial charge in [-0.05, 0) is 6.26 Å². The van der Waals surface area contributed by atoms with Crippen molar-refractivity contribution in [1.29, 1.82) is 0 Å². The molecule has 3 aromatic heterocycles. The number of fused-ring (bicyclic) bond motifs is 3. The topological polar surface area (TPSA) is 80.9 Å². The third kappa shape index (κ3) is 1.10. The van der Waals surface area contributed by atoms with E-state index in [1.807, 2.05) is 13.3 Å². The summed E-state index contributed by atoms with van der Waals surface area (Å²) in [5, 5.41) is 4.89. The van der Waals surface area contributed by atoms with Crippen LogP contribution in [0.3, 0.4) is 0 Å². The Morgan fingerprint density at radius 1 is 1.50 bits per heavy atom. The second-order valence-electron chi connectivity index (χ2n) is 3.32. The zero-order chi connectivity index (χ0) is 11.3. The highest BCUT2D eigenvalue weighted by molar-refractivity contribution is 7.98. The number of hydrogen-bond acceptors (Lipinski definition) is 5. The zero-order valence-corrected chi connectivity index (χ0v) is 9.45. The first kappa shape index (κ1) is 9.40. The zero-order valence-electron chi connectivity index (χ0n) is 8.63. The number of nitrogens with one attached hydrogen (secondary N) is 1. The van der Waals surface area contributed by atoms with Crippen molar-refractivity contribution in [2.45, 2.75) is 5.16 Å². The Hall–Kier alpha value is -1.83. The minimum atomic E-state index is -0.247. The minimum Gasteiger partial charge on any atom is -0.318 e. The molecule has 0 saturated carbocycles. The van der Waals surface area contributed by atoms with Crippen LogP contribution in [0.1, 0.15) is 0 Å². The highest BCUT2D eigenvalue weighted by Gasteiger charge is 2.12. The summed E-state index contributed by atoms with van der Waals surface area (Å²) >= 11 is 1.42. The molecule has 3 heterocycles. The average molecular weight is 236 g/mol. The van der Waals surface area contributed by atoms with Crippen molar-refractivity contribution < 1.29 is 0 Å². The predicted molar refractivity (Wildman–Crippen MR) is 59.7 cm³/mol. The van der Waals surface area contributed by atoms with Gasteiger partial charge in [0.1, 0.15) is 0 Å². The van der Waals surface area contributed by atoms with Gasteiger partial charge in [0, 0.05) is 7.05 Å². The number of aromatic nitrogens is 6. The predicted octanol–water partition coefficient (Wildman–Crippen LogP) is 0.0262. The van der Waals surface area contributed by atoms with Gasteiger partial charge in [-0.15, -0.1) is 5.10 Å². The van der Waals surface area contributed by atoms with Crippen molar-refractivity contribution in [1.82, 2.24) is 29.1 Å². The first-order chi connectivity index (χ1) is 7.70. The van der Waals surface area contributed by atoms with Gasteiger partial charge in [0.2, 0.25) is 10.9 Å². The van der Waals surface area contributed by atoms with Crippen molar-refractivity contribution in [2.24, 2.45) is 7.05 Å². The maximum Gasteiger partial charge on any atom is 0.280 e. The van der Waals surface area contributed by atoms with Crippen LogP contribution in [0.2, 0.25) is 0 Å². The van der Waals surface area contributed by atoms with E-state index in [9.17, 15) is 4.79 Å². The van der Waals surface area contributed by atoms with Crippen LogP contribution in [-0.4, -0.2) is 35.4 Å². The Morgan fingerprint density at radius 2 is 2.31 bits per heavy atom. The molecule has 0 unspecified atom stereocenters. The number of aryl methyl sites for hydroxylation is 1. The molecule has 0 aliphatic rings. The Morgan fingerprint density at radius 3 is 3.06 bits per heavy atom. The van der Waals surface area contributed by atoms with E-state index in [0.717, 1.165) is 0 Å². The van der Waals surface area contributed by atoms with Crippen LogP contribution in [0, 0.1) is 0 Å². The molecule has 0 bridgehead atoms. The molecule has 82 valence electrons. The van der Waals surface area contributed by atoms with Crippen LogP contribution >= 0.6 is 11.8 Å². The van der Waals surface area contributed by atoms with Gasteiger partial charge in [0.25, 0.3) is 5.56 Å². The highest BCUT2D eigenvalue weighted by atomic mass is 32.2. The molecule has 0 saturated heterocycles. The van der Waals surface area contributed by atoms with Gasteiger partial charge in [0.15, 0.2) is 11.2 Å². The lowest BCUT2D eigenvalue weighted by Crippen LogP contribution is -2.11. The second kappa shape index (κ2) is 3.08. The summed E-state index contributed by atoms with van der Waals surface area (Å²) < 4.78 is 3.34. The Balaban J connectivity index is 2.60. The van der Waals surface area contributed by atoms with Gasteiger partial charge in [-0.25, -0.2) is 4.98 Å². The van der Waals surface area contributed by atoms with Crippen LogP contribution in [-0.2, 0) is 7.05 Å². The molecule has 3 aromatic rings. The number of rotatable bonds is 1. The molecule has 1 N–H and O–H groups in total. The van der Waals surface area contributed by atoms with Crippen LogP contribution < -0.4 is 5.56 Å². The number of nitrogens with zero attached hydrogens (tertiary/aromatic N) is 5. The summed E-state index contributed by atoms with van der Waals surface area (Å²) in [6.07, 6.45) is 3.47. The molecular weight excluding hydrogens is 228 g/mol. The molecule has 0 aromatic carbocycles. The van der Waals surface area contributed by atoms with Gasteiger partial charge in [-0.1, -0.05) is 11.8 Å². The van der Waals surface area contributed by atoms with Crippen LogP contribution in [0.4, 0.5) is 0 Å².